The Morgan fingerprint density at radius 3 is 2.63 bits per heavy atom. The van der Waals surface area contributed by atoms with Crippen molar-refractivity contribution in [3.63, 3.8) is 0 Å². The van der Waals surface area contributed by atoms with Gasteiger partial charge in [-0.15, -0.1) is 0 Å². The molecule has 19 heavy (non-hydrogen) atoms. The Kier molecular flexibility index (Phi) is 6.19. The predicted molar refractivity (Wildman–Crippen MR) is 78.8 cm³/mol. The van der Waals surface area contributed by atoms with Crippen LogP contribution in [-0.4, -0.2) is 43.5 Å². The van der Waals surface area contributed by atoms with Crippen LogP contribution < -0.4 is 0 Å². The van der Waals surface area contributed by atoms with Gasteiger partial charge in [-0.3, -0.25) is 9.69 Å². The summed E-state index contributed by atoms with van der Waals surface area (Å²) in [6, 6.07) is 6.01. The fourth-order valence-corrected chi connectivity index (χ4v) is 1.89. The van der Waals surface area contributed by atoms with Gasteiger partial charge < -0.3 is 4.74 Å². The maximum Gasteiger partial charge on any atom is 0.177 e. The van der Waals surface area contributed by atoms with E-state index in [1.165, 1.54) is 0 Å². The third-order valence-electron chi connectivity index (χ3n) is 3.03. The van der Waals surface area contributed by atoms with Crippen LogP contribution in [0.25, 0.3) is 0 Å². The van der Waals surface area contributed by atoms with Crippen LogP contribution in [0.2, 0.25) is 0 Å². The first-order chi connectivity index (χ1) is 8.90. The Balaban J connectivity index is 2.52. The van der Waals surface area contributed by atoms with Gasteiger partial charge in [0.25, 0.3) is 0 Å². The van der Waals surface area contributed by atoms with Gasteiger partial charge in [0.05, 0.1) is 19.3 Å². The third-order valence-corrected chi connectivity index (χ3v) is 3.03. The molecule has 0 aliphatic heterocycles. The maximum absolute atomic E-state index is 12.2. The Morgan fingerprint density at radius 2 is 2.00 bits per heavy atom. The summed E-state index contributed by atoms with van der Waals surface area (Å²) in [6.07, 6.45) is 0.239. The zero-order chi connectivity index (χ0) is 14.4. The van der Waals surface area contributed by atoms with Gasteiger partial charge in [-0.2, -0.15) is 0 Å². The number of carbonyl (C=O) groups excluding carboxylic acids is 1. The molecular weight excluding hydrogens is 238 g/mol. The monoisotopic (exact) mass is 263 g/mol. The molecule has 3 nitrogen and oxygen atoms in total. The van der Waals surface area contributed by atoms with E-state index in [-0.39, 0.29) is 11.9 Å². The fourth-order valence-electron chi connectivity index (χ4n) is 1.89. The molecule has 0 saturated heterocycles. The van der Waals surface area contributed by atoms with Crippen LogP contribution in [0.15, 0.2) is 18.2 Å². The van der Waals surface area contributed by atoms with Crippen LogP contribution in [0.3, 0.4) is 0 Å². The SMILES string of the molecule is Cc1ccc(C)c(C(=O)CN(C)CCOC(C)C)c1. The summed E-state index contributed by atoms with van der Waals surface area (Å²) in [5.74, 6) is 0.174. The number of ketones is 1. The quantitative estimate of drug-likeness (QED) is 0.708. The molecule has 3 heteroatoms. The van der Waals surface area contributed by atoms with Gasteiger partial charge >= 0.3 is 0 Å². The lowest BCUT2D eigenvalue weighted by molar-refractivity contribution is 0.0619. The van der Waals surface area contributed by atoms with Gasteiger partial charge in [0.2, 0.25) is 0 Å². The molecule has 0 aromatic heterocycles. The number of aryl methyl sites for hydroxylation is 2. The van der Waals surface area contributed by atoms with Gasteiger partial charge in [0, 0.05) is 12.1 Å². The Hall–Kier alpha value is -1.19. The first kappa shape index (κ1) is 15.9. The van der Waals surface area contributed by atoms with E-state index in [1.54, 1.807) is 0 Å². The van der Waals surface area contributed by atoms with Gasteiger partial charge in [-0.05, 0) is 46.4 Å². The molecule has 0 aliphatic rings. The van der Waals surface area contributed by atoms with Crippen molar-refractivity contribution >= 4 is 5.78 Å². The molecule has 0 saturated carbocycles. The van der Waals surface area contributed by atoms with E-state index in [2.05, 4.69) is 0 Å². The van der Waals surface area contributed by atoms with Crippen LogP contribution in [0.5, 0.6) is 0 Å². The number of carbonyl (C=O) groups is 1. The number of rotatable bonds is 7. The van der Waals surface area contributed by atoms with Crippen LogP contribution >= 0.6 is 0 Å². The Bertz CT molecular complexity index is 427. The largest absolute Gasteiger partial charge is 0.377 e. The van der Waals surface area contributed by atoms with E-state index in [9.17, 15) is 4.79 Å². The summed E-state index contributed by atoms with van der Waals surface area (Å²) in [6.45, 7) is 9.89. The lowest BCUT2D eigenvalue weighted by atomic mass is 10.0. The minimum atomic E-state index is 0.174. The van der Waals surface area contributed by atoms with E-state index in [1.807, 2.05) is 57.8 Å². The molecule has 0 aliphatic carbocycles. The minimum absolute atomic E-state index is 0.174. The van der Waals surface area contributed by atoms with Crippen LogP contribution in [-0.2, 0) is 4.74 Å². The first-order valence-corrected chi connectivity index (χ1v) is 6.80. The molecule has 0 unspecified atom stereocenters. The van der Waals surface area contributed by atoms with Crippen molar-refractivity contribution in [2.75, 3.05) is 26.7 Å². The van der Waals surface area contributed by atoms with Crippen molar-refractivity contribution in [2.45, 2.75) is 33.8 Å². The average Bonchev–Trinajstić information content (AvgIpc) is 2.31. The van der Waals surface area contributed by atoms with E-state index < -0.39 is 0 Å². The second kappa shape index (κ2) is 7.41. The third kappa shape index (κ3) is 5.53. The molecule has 0 heterocycles. The van der Waals surface area contributed by atoms with Gasteiger partial charge in [-0.1, -0.05) is 17.7 Å². The first-order valence-electron chi connectivity index (χ1n) is 6.80. The molecule has 0 N–H and O–H groups in total. The van der Waals surface area contributed by atoms with Crippen molar-refractivity contribution in [3.8, 4) is 0 Å². The minimum Gasteiger partial charge on any atom is -0.377 e. The summed E-state index contributed by atoms with van der Waals surface area (Å²) >= 11 is 0. The molecule has 0 bridgehead atoms. The lowest BCUT2D eigenvalue weighted by Gasteiger charge is -2.17. The smallest absolute Gasteiger partial charge is 0.177 e. The highest BCUT2D eigenvalue weighted by molar-refractivity contribution is 5.99. The highest BCUT2D eigenvalue weighted by Crippen LogP contribution is 2.11. The Morgan fingerprint density at radius 1 is 1.32 bits per heavy atom. The number of ether oxygens (including phenoxy) is 1. The van der Waals surface area contributed by atoms with E-state index in [4.69, 9.17) is 4.74 Å². The van der Waals surface area contributed by atoms with E-state index in [0.717, 1.165) is 23.2 Å². The van der Waals surface area contributed by atoms with Crippen molar-refractivity contribution in [1.29, 1.82) is 0 Å². The van der Waals surface area contributed by atoms with Gasteiger partial charge in [0.1, 0.15) is 0 Å². The number of hydrogen-bond acceptors (Lipinski definition) is 3. The van der Waals surface area contributed by atoms with Gasteiger partial charge in [0.15, 0.2) is 5.78 Å². The molecular formula is C16H25NO2. The average molecular weight is 263 g/mol. The van der Waals surface area contributed by atoms with Gasteiger partial charge in [-0.25, -0.2) is 0 Å². The zero-order valence-corrected chi connectivity index (χ0v) is 12.7. The molecule has 0 fully saturated rings. The molecule has 0 radical (unpaired) electrons. The summed E-state index contributed by atoms with van der Waals surface area (Å²) < 4.78 is 5.49. The molecule has 0 amide bonds. The lowest BCUT2D eigenvalue weighted by Crippen LogP contribution is -2.30. The molecule has 0 spiro atoms. The Labute approximate surface area is 116 Å². The van der Waals surface area contributed by atoms with Crippen LogP contribution in [0.4, 0.5) is 0 Å². The summed E-state index contributed by atoms with van der Waals surface area (Å²) in [5, 5.41) is 0. The standard InChI is InChI=1S/C16H25NO2/c1-12(2)19-9-8-17(5)11-16(18)15-10-13(3)6-7-14(15)4/h6-7,10,12H,8-9,11H2,1-5H3. The fraction of sp³-hybridized carbons (Fsp3) is 0.562. The summed E-state index contributed by atoms with van der Waals surface area (Å²) in [4.78, 5) is 14.2. The highest BCUT2D eigenvalue weighted by atomic mass is 16.5. The highest BCUT2D eigenvalue weighted by Gasteiger charge is 2.12. The van der Waals surface area contributed by atoms with Crippen LogP contribution in [0.1, 0.15) is 35.3 Å². The predicted octanol–water partition coefficient (Wildman–Crippen LogP) is 2.84. The number of benzene rings is 1. The number of hydrogen-bond donors (Lipinski definition) is 0. The molecule has 106 valence electrons. The summed E-state index contributed by atoms with van der Waals surface area (Å²) in [7, 11) is 1.95. The maximum atomic E-state index is 12.2. The summed E-state index contributed by atoms with van der Waals surface area (Å²) in [5.41, 5.74) is 3.00. The van der Waals surface area contributed by atoms with E-state index >= 15 is 0 Å². The molecule has 1 aromatic carbocycles. The molecule has 1 rings (SSSR count). The number of nitrogens with zero attached hydrogens (tertiary/aromatic N) is 1. The topological polar surface area (TPSA) is 29.5 Å². The van der Waals surface area contributed by atoms with E-state index in [0.29, 0.717) is 13.2 Å². The van der Waals surface area contributed by atoms with Crippen molar-refractivity contribution in [2.24, 2.45) is 0 Å². The molecule has 0 atom stereocenters. The second-order valence-electron chi connectivity index (χ2n) is 5.40. The zero-order valence-electron chi connectivity index (χ0n) is 12.7. The number of likely N-dealkylation sites (N-methyl/N-ethyl adjacent to an activating group) is 1. The number of Topliss-reactive ketones (excluding diaryl/α,β-unsaturated/α-hetero) is 1. The normalized spacial score (nSPS) is 11.3. The van der Waals surface area contributed by atoms with Crippen molar-refractivity contribution in [3.05, 3.63) is 34.9 Å². The van der Waals surface area contributed by atoms with Crippen LogP contribution in [0, 0.1) is 13.8 Å². The molecule has 1 aromatic rings. The van der Waals surface area contributed by atoms with Crippen molar-refractivity contribution in [1.82, 2.24) is 4.90 Å². The second-order valence-corrected chi connectivity index (χ2v) is 5.40. The van der Waals surface area contributed by atoms with Crippen molar-refractivity contribution < 1.29 is 9.53 Å².